The molecular weight excluding hydrogens is 444 g/mol. The molecule has 2 unspecified atom stereocenters. The van der Waals surface area contributed by atoms with E-state index in [0.29, 0.717) is 22.2 Å². The third-order valence-electron chi connectivity index (χ3n) is 7.70. The minimum absolute atomic E-state index is 0.253. The molecule has 34 heavy (non-hydrogen) atoms. The van der Waals surface area contributed by atoms with Crippen LogP contribution in [0, 0.1) is 17.5 Å². The number of hydrogen-bond donors (Lipinski definition) is 1. The molecule has 7 rings (SSSR count). The number of anilines is 1. The minimum Gasteiger partial charge on any atom is -0.618 e. The molecule has 3 aromatic heterocycles. The van der Waals surface area contributed by atoms with Gasteiger partial charge in [0.2, 0.25) is 5.52 Å². The first-order valence-electron chi connectivity index (χ1n) is 11.7. The normalized spacial score (nSPS) is 22.4. The van der Waals surface area contributed by atoms with Crippen LogP contribution in [-0.2, 0) is 6.42 Å². The summed E-state index contributed by atoms with van der Waals surface area (Å²) in [6, 6.07) is 12.2. The molecule has 4 aromatic rings. The molecule has 7 nitrogen and oxygen atoms in total. The van der Waals surface area contributed by atoms with Crippen LogP contribution in [-0.4, -0.2) is 34.1 Å². The molecule has 2 atom stereocenters. The van der Waals surface area contributed by atoms with Gasteiger partial charge < -0.3 is 15.8 Å². The SMILES string of the molecule is Cc1cccc2c1Cc1nc(Sc3cnc4ccc[n+]([O-])c4c3)nc(N3CCC4(CC4N)C3)c1-2. The third-order valence-corrected chi connectivity index (χ3v) is 8.52. The number of fused-ring (bicyclic) bond motifs is 4. The van der Waals surface area contributed by atoms with Gasteiger partial charge in [0.1, 0.15) is 11.3 Å². The van der Waals surface area contributed by atoms with E-state index in [1.165, 1.54) is 40.2 Å². The second-order valence-electron chi connectivity index (χ2n) is 9.79. The maximum Gasteiger partial charge on any atom is 0.243 e. The highest BCUT2D eigenvalue weighted by atomic mass is 32.2. The highest BCUT2D eigenvalue weighted by Gasteiger charge is 2.56. The van der Waals surface area contributed by atoms with E-state index in [-0.39, 0.29) is 5.41 Å². The zero-order chi connectivity index (χ0) is 23.0. The van der Waals surface area contributed by atoms with Crippen LogP contribution in [0.15, 0.2) is 58.8 Å². The van der Waals surface area contributed by atoms with Gasteiger partial charge in [-0.2, -0.15) is 4.73 Å². The van der Waals surface area contributed by atoms with E-state index in [2.05, 4.69) is 35.0 Å². The molecule has 2 N–H and O–H groups in total. The van der Waals surface area contributed by atoms with Crippen LogP contribution < -0.4 is 15.4 Å². The standard InChI is InChI=1S/C26H24N6OS/c1-15-4-2-5-17-18(15)11-20-23(17)24(31-9-7-26(14-31)12-22(26)27)30-25(29-20)34-16-10-21-19(28-13-16)6-3-8-32(21)33/h2-6,8,10,13,22H,7,9,11-12,14,27H2,1H3. The Balaban J connectivity index is 1.32. The van der Waals surface area contributed by atoms with Gasteiger partial charge in [-0.15, -0.1) is 0 Å². The van der Waals surface area contributed by atoms with Crippen molar-refractivity contribution in [2.75, 3.05) is 18.0 Å². The quantitative estimate of drug-likeness (QED) is 0.245. The lowest BCUT2D eigenvalue weighted by Crippen LogP contribution is -2.26. The first-order valence-corrected chi connectivity index (χ1v) is 12.5. The molecule has 1 aliphatic heterocycles. The fraction of sp³-hybridized carbons (Fsp3) is 0.308. The lowest BCUT2D eigenvalue weighted by molar-refractivity contribution is -0.577. The first kappa shape index (κ1) is 20.2. The van der Waals surface area contributed by atoms with Crippen LogP contribution in [0.3, 0.4) is 0 Å². The summed E-state index contributed by atoms with van der Waals surface area (Å²) in [5.41, 5.74) is 13.9. The molecule has 1 aromatic carbocycles. The fourth-order valence-electron chi connectivity index (χ4n) is 5.62. The average Bonchev–Trinajstić information content (AvgIpc) is 3.13. The van der Waals surface area contributed by atoms with E-state index in [4.69, 9.17) is 15.7 Å². The third kappa shape index (κ3) is 3.02. The fourth-order valence-corrected chi connectivity index (χ4v) is 6.39. The Bertz CT molecular complexity index is 1490. The summed E-state index contributed by atoms with van der Waals surface area (Å²) in [5, 5.41) is 12.9. The van der Waals surface area contributed by atoms with Gasteiger partial charge in [0.15, 0.2) is 11.4 Å². The molecular formula is C26H24N6OS. The van der Waals surface area contributed by atoms with Crippen molar-refractivity contribution in [2.24, 2.45) is 11.1 Å². The average molecular weight is 469 g/mol. The molecule has 3 aliphatic rings. The Hall–Kier alpha value is -3.23. The predicted octanol–water partition coefficient (Wildman–Crippen LogP) is 3.62. The van der Waals surface area contributed by atoms with Crippen molar-refractivity contribution in [1.82, 2.24) is 15.0 Å². The molecule has 2 aliphatic carbocycles. The van der Waals surface area contributed by atoms with Crippen molar-refractivity contribution in [3.8, 4) is 11.1 Å². The number of aryl methyl sites for hydroxylation is 1. The number of aromatic nitrogens is 4. The Morgan fingerprint density at radius 1 is 1.24 bits per heavy atom. The van der Waals surface area contributed by atoms with Crippen molar-refractivity contribution in [3.63, 3.8) is 0 Å². The predicted molar refractivity (Wildman–Crippen MR) is 132 cm³/mol. The second kappa shape index (κ2) is 7.13. The number of nitrogens with two attached hydrogens (primary N) is 1. The van der Waals surface area contributed by atoms with Crippen molar-refractivity contribution < 1.29 is 4.73 Å². The van der Waals surface area contributed by atoms with Crippen molar-refractivity contribution in [1.29, 1.82) is 0 Å². The molecule has 170 valence electrons. The van der Waals surface area contributed by atoms with E-state index >= 15 is 0 Å². The number of benzene rings is 1. The smallest absolute Gasteiger partial charge is 0.243 e. The molecule has 4 heterocycles. The van der Waals surface area contributed by atoms with Crippen LogP contribution in [0.2, 0.25) is 0 Å². The second-order valence-corrected chi connectivity index (χ2v) is 10.8. The van der Waals surface area contributed by atoms with E-state index < -0.39 is 0 Å². The first-order chi connectivity index (χ1) is 16.5. The number of hydrogen-bond acceptors (Lipinski definition) is 7. The molecule has 0 radical (unpaired) electrons. The van der Waals surface area contributed by atoms with Gasteiger partial charge in [0.25, 0.3) is 0 Å². The molecule has 0 amide bonds. The van der Waals surface area contributed by atoms with Crippen molar-refractivity contribution in [2.45, 2.75) is 42.3 Å². The zero-order valence-corrected chi connectivity index (χ0v) is 19.7. The monoisotopic (exact) mass is 468 g/mol. The van der Waals surface area contributed by atoms with E-state index in [1.807, 2.05) is 12.1 Å². The summed E-state index contributed by atoms with van der Waals surface area (Å²) in [7, 11) is 0. The van der Waals surface area contributed by atoms with Crippen LogP contribution in [0.25, 0.3) is 22.2 Å². The van der Waals surface area contributed by atoms with Gasteiger partial charge in [0.05, 0.1) is 5.69 Å². The Labute approximate surface area is 201 Å². The van der Waals surface area contributed by atoms with Gasteiger partial charge in [-0.05, 0) is 54.3 Å². The van der Waals surface area contributed by atoms with E-state index in [9.17, 15) is 5.21 Å². The van der Waals surface area contributed by atoms with E-state index in [0.717, 1.165) is 53.5 Å². The van der Waals surface area contributed by atoms with Gasteiger partial charge in [-0.25, -0.2) is 15.0 Å². The van der Waals surface area contributed by atoms with Crippen LogP contribution in [0.1, 0.15) is 29.7 Å². The maximum absolute atomic E-state index is 12.2. The topological polar surface area (TPSA) is 94.9 Å². The van der Waals surface area contributed by atoms with Gasteiger partial charge in [-0.3, -0.25) is 0 Å². The Morgan fingerprint density at radius 3 is 2.94 bits per heavy atom. The maximum atomic E-state index is 12.2. The van der Waals surface area contributed by atoms with Crippen molar-refractivity contribution in [3.05, 3.63) is 70.8 Å². The minimum atomic E-state index is 0.253. The Kier molecular flexibility index (Phi) is 4.23. The van der Waals surface area contributed by atoms with Gasteiger partial charge in [0, 0.05) is 59.8 Å². The lowest BCUT2D eigenvalue weighted by Gasteiger charge is -2.22. The summed E-state index contributed by atoms with van der Waals surface area (Å²) in [6.45, 7) is 4.09. The molecule has 1 saturated carbocycles. The van der Waals surface area contributed by atoms with Crippen LogP contribution >= 0.6 is 11.8 Å². The number of pyridine rings is 2. The summed E-state index contributed by atoms with van der Waals surface area (Å²) >= 11 is 1.46. The lowest BCUT2D eigenvalue weighted by atomic mass is 10.0. The molecule has 1 saturated heterocycles. The molecule has 2 fully saturated rings. The summed E-state index contributed by atoms with van der Waals surface area (Å²) in [6.07, 6.45) is 6.32. The number of nitrogens with zero attached hydrogens (tertiary/aromatic N) is 5. The molecule has 1 spiro atoms. The number of rotatable bonds is 3. The Morgan fingerprint density at radius 2 is 2.12 bits per heavy atom. The van der Waals surface area contributed by atoms with Crippen LogP contribution in [0.4, 0.5) is 5.82 Å². The molecule has 0 bridgehead atoms. The van der Waals surface area contributed by atoms with Crippen molar-refractivity contribution >= 4 is 28.6 Å². The van der Waals surface area contributed by atoms with Gasteiger partial charge >= 0.3 is 0 Å². The van der Waals surface area contributed by atoms with Gasteiger partial charge in [-0.1, -0.05) is 18.2 Å². The van der Waals surface area contributed by atoms with E-state index in [1.54, 1.807) is 12.3 Å². The van der Waals surface area contributed by atoms with Crippen LogP contribution in [0.5, 0.6) is 0 Å². The largest absolute Gasteiger partial charge is 0.618 e. The zero-order valence-electron chi connectivity index (χ0n) is 18.9. The summed E-state index contributed by atoms with van der Waals surface area (Å²) < 4.78 is 0.851. The highest BCUT2D eigenvalue weighted by molar-refractivity contribution is 7.99. The summed E-state index contributed by atoms with van der Waals surface area (Å²) in [4.78, 5) is 17.8. The highest BCUT2D eigenvalue weighted by Crippen LogP contribution is 2.54. The molecule has 8 heteroatoms. The summed E-state index contributed by atoms with van der Waals surface area (Å²) in [5.74, 6) is 1.01.